The zero-order valence-electron chi connectivity index (χ0n) is 12.5. The third-order valence-electron chi connectivity index (χ3n) is 3.73. The molecule has 4 heteroatoms. The van der Waals surface area contributed by atoms with E-state index in [1.807, 2.05) is 37.3 Å². The lowest BCUT2D eigenvalue weighted by Crippen LogP contribution is -2.32. The Kier molecular flexibility index (Phi) is 3.59. The van der Waals surface area contributed by atoms with E-state index in [0.29, 0.717) is 17.0 Å². The number of aryl methyl sites for hydroxylation is 1. The van der Waals surface area contributed by atoms with Gasteiger partial charge in [-0.05, 0) is 26.0 Å². The fourth-order valence-corrected chi connectivity index (χ4v) is 2.51. The molecule has 3 rings (SSSR count). The molecule has 0 saturated carbocycles. The van der Waals surface area contributed by atoms with E-state index in [9.17, 15) is 9.59 Å². The van der Waals surface area contributed by atoms with E-state index in [-0.39, 0.29) is 11.7 Å². The van der Waals surface area contributed by atoms with Crippen molar-refractivity contribution in [3.8, 4) is 0 Å². The molecule has 2 aromatic rings. The van der Waals surface area contributed by atoms with Gasteiger partial charge in [0.25, 0.3) is 5.91 Å². The molecule has 22 heavy (non-hydrogen) atoms. The van der Waals surface area contributed by atoms with Crippen LogP contribution in [-0.4, -0.2) is 17.4 Å². The third kappa shape index (κ3) is 2.44. The van der Waals surface area contributed by atoms with Crippen molar-refractivity contribution >= 4 is 23.1 Å². The maximum Gasteiger partial charge on any atom is 0.264 e. The van der Waals surface area contributed by atoms with Crippen LogP contribution in [-0.2, 0) is 4.79 Å². The Bertz CT molecular complexity index is 748. The molecule has 4 nitrogen and oxygen atoms in total. The van der Waals surface area contributed by atoms with Gasteiger partial charge in [0.05, 0.1) is 11.4 Å². The van der Waals surface area contributed by atoms with Crippen LogP contribution >= 0.6 is 0 Å². The van der Waals surface area contributed by atoms with Crippen molar-refractivity contribution in [2.45, 2.75) is 13.8 Å². The molecule has 1 heterocycles. The highest BCUT2D eigenvalue weighted by molar-refractivity contribution is 6.30. The summed E-state index contributed by atoms with van der Waals surface area (Å²) in [7, 11) is 0. The molecule has 1 atom stereocenters. The SMILES string of the molecule is CC1=NN(c2ccccc2)C(=O)[C@H]1C(=O)c1ccc(C)cc1. The number of amides is 1. The number of carbonyl (C=O) groups excluding carboxylic acids is 2. The minimum absolute atomic E-state index is 0.204. The lowest BCUT2D eigenvalue weighted by Gasteiger charge is -2.13. The van der Waals surface area contributed by atoms with Crippen LogP contribution in [0.4, 0.5) is 5.69 Å². The molecule has 1 aliphatic heterocycles. The first kappa shape index (κ1) is 14.2. The first-order valence-electron chi connectivity index (χ1n) is 7.13. The fraction of sp³-hybridized carbons (Fsp3) is 0.167. The summed E-state index contributed by atoms with van der Waals surface area (Å²) in [5, 5.41) is 5.58. The van der Waals surface area contributed by atoms with Crippen molar-refractivity contribution in [1.29, 1.82) is 0 Å². The largest absolute Gasteiger partial charge is 0.293 e. The van der Waals surface area contributed by atoms with E-state index in [4.69, 9.17) is 0 Å². The molecule has 0 radical (unpaired) electrons. The Labute approximate surface area is 129 Å². The fourth-order valence-electron chi connectivity index (χ4n) is 2.51. The molecule has 0 saturated heterocycles. The average Bonchev–Trinajstić information content (AvgIpc) is 2.83. The number of anilines is 1. The van der Waals surface area contributed by atoms with Gasteiger partial charge >= 0.3 is 0 Å². The van der Waals surface area contributed by atoms with Crippen LogP contribution in [0.5, 0.6) is 0 Å². The highest BCUT2D eigenvalue weighted by atomic mass is 16.2. The first-order chi connectivity index (χ1) is 10.6. The van der Waals surface area contributed by atoms with Crippen molar-refractivity contribution in [1.82, 2.24) is 0 Å². The molecule has 2 aromatic carbocycles. The van der Waals surface area contributed by atoms with Crippen LogP contribution in [0.2, 0.25) is 0 Å². The number of rotatable bonds is 3. The van der Waals surface area contributed by atoms with E-state index in [2.05, 4.69) is 5.10 Å². The number of Topliss-reactive ketones (excluding diaryl/α,β-unsaturated/α-hetero) is 1. The lowest BCUT2D eigenvalue weighted by molar-refractivity contribution is -0.118. The van der Waals surface area contributed by atoms with E-state index < -0.39 is 5.92 Å². The molecule has 110 valence electrons. The maximum atomic E-state index is 12.6. The monoisotopic (exact) mass is 292 g/mol. The third-order valence-corrected chi connectivity index (χ3v) is 3.73. The topological polar surface area (TPSA) is 49.7 Å². The Balaban J connectivity index is 1.90. The second-order valence-corrected chi connectivity index (χ2v) is 5.39. The molecule has 0 fully saturated rings. The smallest absolute Gasteiger partial charge is 0.264 e. The molecular weight excluding hydrogens is 276 g/mol. The van der Waals surface area contributed by atoms with Crippen LogP contribution in [0.25, 0.3) is 0 Å². The van der Waals surface area contributed by atoms with E-state index in [1.165, 1.54) is 5.01 Å². The number of hydrogen-bond donors (Lipinski definition) is 0. The zero-order valence-corrected chi connectivity index (χ0v) is 12.5. The number of hydrogen-bond acceptors (Lipinski definition) is 3. The molecule has 0 aliphatic carbocycles. The predicted octanol–water partition coefficient (Wildman–Crippen LogP) is 3.22. The summed E-state index contributed by atoms with van der Waals surface area (Å²) in [6.45, 7) is 3.68. The van der Waals surface area contributed by atoms with Crippen molar-refractivity contribution < 1.29 is 9.59 Å². The predicted molar refractivity (Wildman–Crippen MR) is 86.0 cm³/mol. The van der Waals surface area contributed by atoms with E-state index in [0.717, 1.165) is 5.56 Å². The quantitative estimate of drug-likeness (QED) is 0.644. The van der Waals surface area contributed by atoms with Gasteiger partial charge in [0.1, 0.15) is 5.92 Å². The summed E-state index contributed by atoms with van der Waals surface area (Å²) in [5.41, 5.74) is 2.81. The van der Waals surface area contributed by atoms with Crippen molar-refractivity contribution in [2.75, 3.05) is 5.01 Å². The van der Waals surface area contributed by atoms with Crippen LogP contribution in [0, 0.1) is 12.8 Å². The molecule has 1 aliphatic rings. The number of carbonyl (C=O) groups is 2. The van der Waals surface area contributed by atoms with Crippen molar-refractivity contribution in [3.63, 3.8) is 0 Å². The van der Waals surface area contributed by atoms with Crippen molar-refractivity contribution in [2.24, 2.45) is 11.0 Å². The van der Waals surface area contributed by atoms with Crippen LogP contribution < -0.4 is 5.01 Å². The number of nitrogens with zero attached hydrogens (tertiary/aromatic N) is 2. The summed E-state index contributed by atoms with van der Waals surface area (Å²) >= 11 is 0. The van der Waals surface area contributed by atoms with Gasteiger partial charge in [-0.25, -0.2) is 0 Å². The van der Waals surface area contributed by atoms with Crippen LogP contribution in [0.1, 0.15) is 22.8 Å². The lowest BCUT2D eigenvalue weighted by atomic mass is 9.93. The molecule has 0 unspecified atom stereocenters. The van der Waals surface area contributed by atoms with Gasteiger partial charge in [0.2, 0.25) is 0 Å². The van der Waals surface area contributed by atoms with Crippen LogP contribution in [0.15, 0.2) is 59.7 Å². The normalized spacial score (nSPS) is 17.5. The highest BCUT2D eigenvalue weighted by Gasteiger charge is 2.39. The van der Waals surface area contributed by atoms with Gasteiger partial charge in [-0.3, -0.25) is 9.59 Å². The summed E-state index contributed by atoms with van der Waals surface area (Å²) in [6, 6.07) is 16.4. The minimum Gasteiger partial charge on any atom is -0.293 e. The highest BCUT2D eigenvalue weighted by Crippen LogP contribution is 2.26. The van der Waals surface area contributed by atoms with Crippen LogP contribution in [0.3, 0.4) is 0 Å². The molecule has 0 N–H and O–H groups in total. The number of benzene rings is 2. The van der Waals surface area contributed by atoms with Gasteiger partial charge in [0, 0.05) is 5.56 Å². The summed E-state index contributed by atoms with van der Waals surface area (Å²) < 4.78 is 0. The summed E-state index contributed by atoms with van der Waals surface area (Å²) in [4.78, 5) is 25.2. The van der Waals surface area contributed by atoms with E-state index in [1.54, 1.807) is 31.2 Å². The van der Waals surface area contributed by atoms with Gasteiger partial charge in [-0.1, -0.05) is 48.0 Å². The van der Waals surface area contributed by atoms with E-state index >= 15 is 0 Å². The molecule has 0 spiro atoms. The van der Waals surface area contributed by atoms with Crippen molar-refractivity contribution in [3.05, 3.63) is 65.7 Å². The Morgan fingerprint density at radius 3 is 2.27 bits per heavy atom. The molecule has 1 amide bonds. The van der Waals surface area contributed by atoms with Gasteiger partial charge in [-0.15, -0.1) is 0 Å². The standard InChI is InChI=1S/C18H16N2O2/c1-12-8-10-14(11-9-12)17(21)16-13(2)19-20(18(16)22)15-6-4-3-5-7-15/h3-11,16H,1-2H3/t16-/m1/s1. The maximum absolute atomic E-state index is 12.6. The Morgan fingerprint density at radius 2 is 1.64 bits per heavy atom. The molecule has 0 aromatic heterocycles. The minimum atomic E-state index is -0.831. The second-order valence-electron chi connectivity index (χ2n) is 5.39. The molecular formula is C18H16N2O2. The second kappa shape index (κ2) is 5.56. The summed E-state index contributed by atoms with van der Waals surface area (Å²) in [5.74, 6) is -1.33. The number of hydrazone groups is 1. The average molecular weight is 292 g/mol. The summed E-state index contributed by atoms with van der Waals surface area (Å²) in [6.07, 6.45) is 0. The number of ketones is 1. The Hall–Kier alpha value is -2.75. The first-order valence-corrected chi connectivity index (χ1v) is 7.13. The number of para-hydroxylation sites is 1. The van der Waals surface area contributed by atoms with Gasteiger partial charge in [0.15, 0.2) is 5.78 Å². The van der Waals surface area contributed by atoms with Gasteiger partial charge < -0.3 is 0 Å². The Morgan fingerprint density at radius 1 is 1.00 bits per heavy atom. The van der Waals surface area contributed by atoms with Gasteiger partial charge in [-0.2, -0.15) is 10.1 Å². The zero-order chi connectivity index (χ0) is 15.7. The molecule has 0 bridgehead atoms.